The van der Waals surface area contributed by atoms with Crippen LogP contribution in [-0.4, -0.2) is 53.0 Å². The Morgan fingerprint density at radius 2 is 1.92 bits per heavy atom. The number of nitrogens with two attached hydrogens (primary N) is 1. The maximum Gasteiger partial charge on any atom is 0.573 e. The van der Waals surface area contributed by atoms with Gasteiger partial charge in [0.1, 0.15) is 24.1 Å². The summed E-state index contributed by atoms with van der Waals surface area (Å²) in [6, 6.07) is 7.52. The van der Waals surface area contributed by atoms with Gasteiger partial charge in [-0.25, -0.2) is 9.59 Å². The normalized spacial score (nSPS) is 15.2. The molecule has 1 aliphatic heterocycles. The molecule has 38 heavy (non-hydrogen) atoms. The van der Waals surface area contributed by atoms with Crippen LogP contribution in [0.2, 0.25) is 0 Å². The van der Waals surface area contributed by atoms with E-state index in [-0.39, 0.29) is 24.5 Å². The molecule has 2 heterocycles. The highest BCUT2D eigenvalue weighted by Crippen LogP contribution is 2.31. The Balaban J connectivity index is 1.51. The van der Waals surface area contributed by atoms with Crippen LogP contribution in [0.1, 0.15) is 12.8 Å². The van der Waals surface area contributed by atoms with Crippen molar-refractivity contribution in [3.63, 3.8) is 0 Å². The molecule has 0 radical (unpaired) electrons. The number of carbonyl (C=O) groups excluding carboxylic acids is 3. The van der Waals surface area contributed by atoms with Gasteiger partial charge in [0, 0.05) is 29.9 Å². The zero-order valence-corrected chi connectivity index (χ0v) is 20.0. The number of carbonyl (C=O) groups is 3. The first-order chi connectivity index (χ1) is 18.1. The number of ether oxygens (including phenoxy) is 2. The van der Waals surface area contributed by atoms with E-state index in [1.165, 1.54) is 27.8 Å². The number of nitrogens with one attached hydrogen (secondary N) is 2. The Morgan fingerprint density at radius 1 is 1.13 bits per heavy atom. The highest BCUT2D eigenvalue weighted by atomic mass is 19.4. The van der Waals surface area contributed by atoms with Crippen molar-refractivity contribution in [1.82, 2.24) is 9.47 Å². The minimum atomic E-state index is -4.88. The lowest BCUT2D eigenvalue weighted by Crippen LogP contribution is -2.45. The van der Waals surface area contributed by atoms with Crippen LogP contribution in [0.4, 0.5) is 34.1 Å². The van der Waals surface area contributed by atoms with Crippen molar-refractivity contribution in [2.24, 2.45) is 5.73 Å². The van der Waals surface area contributed by atoms with Gasteiger partial charge in [0.05, 0.1) is 11.2 Å². The number of alkyl halides is 3. The molecule has 4 rings (SSSR count). The predicted octanol–water partition coefficient (Wildman–Crippen LogP) is 4.67. The maximum atomic E-state index is 13.2. The summed E-state index contributed by atoms with van der Waals surface area (Å²) in [4.78, 5) is 39.4. The van der Waals surface area contributed by atoms with Gasteiger partial charge < -0.3 is 30.7 Å². The van der Waals surface area contributed by atoms with E-state index in [0.29, 0.717) is 29.5 Å². The Bertz CT molecular complexity index is 1390. The molecule has 1 saturated heterocycles. The van der Waals surface area contributed by atoms with E-state index in [2.05, 4.69) is 21.9 Å². The van der Waals surface area contributed by atoms with Crippen LogP contribution < -0.4 is 25.8 Å². The number of amides is 4. The van der Waals surface area contributed by atoms with Crippen molar-refractivity contribution >= 4 is 40.2 Å². The molecule has 0 saturated carbocycles. The number of rotatable bonds is 7. The van der Waals surface area contributed by atoms with Crippen LogP contribution in [0.15, 0.2) is 61.3 Å². The first-order valence-electron chi connectivity index (χ1n) is 11.5. The summed E-state index contributed by atoms with van der Waals surface area (Å²) < 4.78 is 48.2. The minimum absolute atomic E-state index is 0.0839. The average molecular weight is 531 g/mol. The van der Waals surface area contributed by atoms with Crippen LogP contribution in [0.3, 0.4) is 0 Å². The monoisotopic (exact) mass is 531 g/mol. The smallest absolute Gasteiger partial charge is 0.490 e. The minimum Gasteiger partial charge on any atom is -0.490 e. The number of primary amides is 1. The molecule has 10 nitrogen and oxygen atoms in total. The molecule has 1 atom stereocenters. The summed E-state index contributed by atoms with van der Waals surface area (Å²) in [5.74, 6) is -0.578. The summed E-state index contributed by atoms with van der Waals surface area (Å²) in [5, 5.41) is 5.75. The van der Waals surface area contributed by atoms with Crippen molar-refractivity contribution in [3.8, 4) is 11.5 Å². The fourth-order valence-electron chi connectivity index (χ4n) is 4.20. The van der Waals surface area contributed by atoms with Crippen molar-refractivity contribution in [1.29, 1.82) is 0 Å². The lowest BCUT2D eigenvalue weighted by Gasteiger charge is -2.24. The van der Waals surface area contributed by atoms with Gasteiger partial charge in [0.25, 0.3) is 0 Å². The van der Waals surface area contributed by atoms with E-state index < -0.39 is 36.1 Å². The second-order valence-electron chi connectivity index (χ2n) is 8.38. The molecule has 2 aromatic carbocycles. The number of aromatic nitrogens is 1. The van der Waals surface area contributed by atoms with Gasteiger partial charge >= 0.3 is 18.4 Å². The number of urea groups is 1. The standard InChI is InChI=1S/C25H24F3N5O5/c1-2-11-37-16-8-9-20-18(13-16)19(14-33(20)23(29)35)31-24(36)32-10-4-7-21(32)22(34)30-15-5-3-6-17(12-15)38-25(26,27)28/h2-3,5-6,8-9,12-14,21H,1,4,7,10-11H2,(H2,29,35)(H,30,34)(H,31,36). The van der Waals surface area contributed by atoms with Gasteiger partial charge in [0.2, 0.25) is 5.91 Å². The Hall–Kier alpha value is -4.68. The summed E-state index contributed by atoms with van der Waals surface area (Å²) in [6.45, 7) is 4.11. The number of fused-ring (bicyclic) bond motifs is 1. The van der Waals surface area contributed by atoms with Crippen molar-refractivity contribution < 1.29 is 37.0 Å². The van der Waals surface area contributed by atoms with E-state index >= 15 is 0 Å². The Kier molecular flexibility index (Phi) is 7.46. The summed E-state index contributed by atoms with van der Waals surface area (Å²) in [7, 11) is 0. The molecule has 1 unspecified atom stereocenters. The molecule has 1 fully saturated rings. The first-order valence-corrected chi connectivity index (χ1v) is 11.5. The van der Waals surface area contributed by atoms with Crippen LogP contribution >= 0.6 is 0 Å². The Morgan fingerprint density at radius 3 is 2.63 bits per heavy atom. The van der Waals surface area contributed by atoms with Gasteiger partial charge in [-0.15, -0.1) is 13.2 Å². The molecule has 3 aromatic rings. The zero-order valence-electron chi connectivity index (χ0n) is 20.0. The van der Waals surface area contributed by atoms with Gasteiger partial charge in [-0.2, -0.15) is 0 Å². The van der Waals surface area contributed by atoms with Gasteiger partial charge in [-0.05, 0) is 43.2 Å². The third-order valence-corrected chi connectivity index (χ3v) is 5.77. The van der Waals surface area contributed by atoms with Gasteiger partial charge in [-0.3, -0.25) is 9.36 Å². The number of benzene rings is 2. The first kappa shape index (κ1) is 26.4. The van der Waals surface area contributed by atoms with Crippen LogP contribution in [0.5, 0.6) is 11.5 Å². The lowest BCUT2D eigenvalue weighted by atomic mass is 10.2. The van der Waals surface area contributed by atoms with E-state index in [0.717, 1.165) is 12.1 Å². The molecular formula is C25H24F3N5O5. The molecule has 0 spiro atoms. The third-order valence-electron chi connectivity index (χ3n) is 5.77. The predicted molar refractivity (Wildman–Crippen MR) is 133 cm³/mol. The van der Waals surface area contributed by atoms with E-state index in [1.807, 2.05) is 0 Å². The number of nitrogens with zero attached hydrogens (tertiary/aromatic N) is 2. The molecular weight excluding hydrogens is 507 g/mol. The lowest BCUT2D eigenvalue weighted by molar-refractivity contribution is -0.274. The number of hydrogen-bond donors (Lipinski definition) is 3. The summed E-state index contributed by atoms with van der Waals surface area (Å²) in [5.41, 5.74) is 6.27. The van der Waals surface area contributed by atoms with Gasteiger partial charge in [-0.1, -0.05) is 18.7 Å². The molecule has 13 heteroatoms. The number of anilines is 2. The number of likely N-dealkylation sites (tertiary alicyclic amines) is 1. The van der Waals surface area contributed by atoms with E-state index in [1.54, 1.807) is 24.3 Å². The molecule has 0 bridgehead atoms. The highest BCUT2D eigenvalue weighted by molar-refractivity contribution is 6.06. The van der Waals surface area contributed by atoms with Crippen molar-refractivity contribution in [2.75, 3.05) is 23.8 Å². The van der Waals surface area contributed by atoms with Crippen LogP contribution in [0.25, 0.3) is 10.9 Å². The molecule has 200 valence electrons. The second kappa shape index (κ2) is 10.7. The zero-order chi connectivity index (χ0) is 27.4. The molecule has 0 aliphatic carbocycles. The third kappa shape index (κ3) is 5.99. The molecule has 4 N–H and O–H groups in total. The number of hydrogen-bond acceptors (Lipinski definition) is 5. The van der Waals surface area contributed by atoms with E-state index in [4.69, 9.17) is 10.5 Å². The fourth-order valence-corrected chi connectivity index (χ4v) is 4.20. The highest BCUT2D eigenvalue weighted by Gasteiger charge is 2.35. The van der Waals surface area contributed by atoms with Crippen molar-refractivity contribution in [2.45, 2.75) is 25.2 Å². The number of halogens is 3. The topological polar surface area (TPSA) is 128 Å². The SMILES string of the molecule is C=CCOc1ccc2c(c1)c(NC(=O)N1CCCC1C(=O)Nc1cccc(OC(F)(F)F)c1)cn2C(N)=O. The van der Waals surface area contributed by atoms with E-state index in [9.17, 15) is 27.6 Å². The quantitative estimate of drug-likeness (QED) is 0.382. The summed E-state index contributed by atoms with van der Waals surface area (Å²) in [6.07, 6.45) is -1.05. The molecule has 1 aliphatic rings. The van der Waals surface area contributed by atoms with Crippen LogP contribution in [-0.2, 0) is 4.79 Å². The summed E-state index contributed by atoms with van der Waals surface area (Å²) >= 11 is 0. The maximum absolute atomic E-state index is 13.2. The van der Waals surface area contributed by atoms with Crippen LogP contribution in [0, 0.1) is 0 Å². The fraction of sp³-hybridized carbons (Fsp3) is 0.240. The van der Waals surface area contributed by atoms with Gasteiger partial charge in [0.15, 0.2) is 0 Å². The average Bonchev–Trinajstić information content (AvgIpc) is 3.47. The second-order valence-corrected chi connectivity index (χ2v) is 8.38. The Labute approximate surface area is 214 Å². The largest absolute Gasteiger partial charge is 0.573 e. The van der Waals surface area contributed by atoms with Crippen molar-refractivity contribution in [3.05, 3.63) is 61.3 Å². The molecule has 4 amide bonds. The molecule has 1 aromatic heterocycles.